The number of piperidine rings is 1. The van der Waals surface area contributed by atoms with Gasteiger partial charge in [0.15, 0.2) is 0 Å². The van der Waals surface area contributed by atoms with Crippen molar-refractivity contribution in [1.82, 2.24) is 14.7 Å². The van der Waals surface area contributed by atoms with Gasteiger partial charge in [-0.1, -0.05) is 6.07 Å². The van der Waals surface area contributed by atoms with Crippen molar-refractivity contribution in [2.24, 2.45) is 5.92 Å². The molecule has 0 saturated carbocycles. The second-order valence-corrected chi connectivity index (χ2v) is 11.4. The first-order valence-electron chi connectivity index (χ1n) is 14.0. The van der Waals surface area contributed by atoms with Gasteiger partial charge in [-0.3, -0.25) is 14.5 Å². The van der Waals surface area contributed by atoms with Crippen LogP contribution in [0.25, 0.3) is 0 Å². The molecule has 0 unspecified atom stereocenters. The third-order valence-corrected chi connectivity index (χ3v) is 8.57. The molecule has 0 N–H and O–H groups in total. The summed E-state index contributed by atoms with van der Waals surface area (Å²) in [7, 11) is 2.44. The highest BCUT2D eigenvalue weighted by Gasteiger charge is 2.44. The quantitative estimate of drug-likeness (QED) is 0.395. The van der Waals surface area contributed by atoms with E-state index in [1.807, 2.05) is 0 Å². The van der Waals surface area contributed by atoms with Crippen molar-refractivity contribution in [1.29, 1.82) is 0 Å². The number of urea groups is 1. The van der Waals surface area contributed by atoms with Crippen molar-refractivity contribution in [3.63, 3.8) is 0 Å². The smallest absolute Gasteiger partial charge is 0.343 e. The van der Waals surface area contributed by atoms with Gasteiger partial charge in [-0.2, -0.15) is 26.3 Å². The number of carbonyl (C=O) groups is 3. The highest BCUT2D eigenvalue weighted by Crippen LogP contribution is 2.39. The molecule has 7 nitrogen and oxygen atoms in total. The summed E-state index contributed by atoms with van der Waals surface area (Å²) in [4.78, 5) is 44.1. The number of amides is 4. The number of nitrogens with zero attached hydrogens (tertiary/aromatic N) is 4. The zero-order valence-electron chi connectivity index (χ0n) is 24.6. The second kappa shape index (κ2) is 12.3. The molecule has 14 heteroatoms. The first-order chi connectivity index (χ1) is 20.4. The van der Waals surface area contributed by atoms with Crippen LogP contribution in [0.4, 0.5) is 41.2 Å². The monoisotopic (exact) mass is 630 g/mol. The van der Waals surface area contributed by atoms with E-state index in [9.17, 15) is 45.1 Å². The third kappa shape index (κ3) is 6.94. The Kier molecular flexibility index (Phi) is 9.22. The van der Waals surface area contributed by atoms with Crippen molar-refractivity contribution in [2.75, 3.05) is 45.2 Å². The standard InChI is InChI=1S/C30H33F7N4O3/c1-17-11-22(31)5-6-24(17)25-15-41(27(43)19-7-9-40(10-8-19)18(2)42)16-26(25)39(4)28(44)38(3)23-13-20(29(32,33)34)12-21(14-23)30(35,36)37/h5-6,11-14,19,25-26H,7-10,15-16H2,1-4H3/t25-,26+/m0/s1. The number of benzene rings is 2. The van der Waals surface area contributed by atoms with Gasteiger partial charge >= 0.3 is 18.4 Å². The molecule has 0 radical (unpaired) electrons. The molecule has 2 aromatic rings. The lowest BCUT2D eigenvalue weighted by Crippen LogP contribution is -2.48. The minimum atomic E-state index is -5.09. The van der Waals surface area contributed by atoms with E-state index in [1.54, 1.807) is 22.8 Å². The molecular formula is C30H33F7N4O3. The van der Waals surface area contributed by atoms with Gasteiger partial charge in [-0.15, -0.1) is 0 Å². The second-order valence-electron chi connectivity index (χ2n) is 11.4. The molecule has 2 aliphatic heterocycles. The SMILES string of the molecule is CC(=O)N1CCC(C(=O)N2C[C@@H](N(C)C(=O)N(C)c3cc(C(F)(F)F)cc(C(F)(F)F)c3)[C@H](c3ccc(F)cc3C)C2)CC1. The van der Waals surface area contributed by atoms with Crippen molar-refractivity contribution >= 4 is 23.5 Å². The number of likely N-dealkylation sites (tertiary alicyclic amines) is 2. The number of halogens is 7. The summed E-state index contributed by atoms with van der Waals surface area (Å²) < 4.78 is 94.8. The van der Waals surface area contributed by atoms with Crippen LogP contribution in [0.5, 0.6) is 0 Å². The van der Waals surface area contributed by atoms with Gasteiger partial charge < -0.3 is 14.7 Å². The molecule has 2 atom stereocenters. The summed E-state index contributed by atoms with van der Waals surface area (Å²) in [6.07, 6.45) is -9.28. The third-order valence-electron chi connectivity index (χ3n) is 8.57. The van der Waals surface area contributed by atoms with E-state index >= 15 is 0 Å². The predicted molar refractivity (Wildman–Crippen MR) is 147 cm³/mol. The van der Waals surface area contributed by atoms with Gasteiger partial charge in [0, 0.05) is 64.7 Å². The molecule has 44 heavy (non-hydrogen) atoms. The summed E-state index contributed by atoms with van der Waals surface area (Å²) in [5.74, 6) is -1.64. The number of carbonyl (C=O) groups excluding carboxylic acids is 3. The molecule has 4 rings (SSSR count). The number of alkyl halides is 6. The zero-order chi connectivity index (χ0) is 32.7. The number of rotatable bonds is 4. The molecule has 2 aliphatic rings. The molecule has 240 valence electrons. The molecule has 0 bridgehead atoms. The Balaban J connectivity index is 1.64. The summed E-state index contributed by atoms with van der Waals surface area (Å²) in [6.45, 7) is 4.17. The Bertz CT molecular complexity index is 1390. The predicted octanol–water partition coefficient (Wildman–Crippen LogP) is 5.91. The fraction of sp³-hybridized carbons (Fsp3) is 0.500. The van der Waals surface area contributed by atoms with Crippen LogP contribution in [-0.2, 0) is 21.9 Å². The maximum Gasteiger partial charge on any atom is 0.416 e. The molecule has 2 heterocycles. The van der Waals surface area contributed by atoms with Crippen LogP contribution in [0.3, 0.4) is 0 Å². The fourth-order valence-electron chi connectivity index (χ4n) is 6.04. The molecule has 0 aromatic heterocycles. The van der Waals surface area contributed by atoms with Crippen LogP contribution in [0.2, 0.25) is 0 Å². The van der Waals surface area contributed by atoms with Crippen LogP contribution < -0.4 is 4.90 Å². The minimum Gasteiger partial charge on any atom is -0.343 e. The Morgan fingerprint density at radius 2 is 1.41 bits per heavy atom. The maximum atomic E-state index is 14.0. The molecule has 2 saturated heterocycles. The Hall–Kier alpha value is -3.84. The summed E-state index contributed by atoms with van der Waals surface area (Å²) >= 11 is 0. The Morgan fingerprint density at radius 3 is 1.91 bits per heavy atom. The lowest BCUT2D eigenvalue weighted by molar-refractivity contribution is -0.143. The lowest BCUT2D eigenvalue weighted by Gasteiger charge is -2.34. The van der Waals surface area contributed by atoms with Crippen molar-refractivity contribution in [2.45, 2.75) is 51.0 Å². The van der Waals surface area contributed by atoms with Gasteiger partial charge in [-0.25, -0.2) is 9.18 Å². The van der Waals surface area contributed by atoms with Crippen LogP contribution in [-0.4, -0.2) is 78.9 Å². The van der Waals surface area contributed by atoms with E-state index in [0.717, 1.165) is 7.05 Å². The molecule has 0 aliphatic carbocycles. The minimum absolute atomic E-state index is 0.0137. The Labute approximate surface area is 250 Å². The normalized spacial score (nSPS) is 19.7. The van der Waals surface area contributed by atoms with E-state index < -0.39 is 53.0 Å². The van der Waals surface area contributed by atoms with Crippen molar-refractivity contribution in [3.8, 4) is 0 Å². The van der Waals surface area contributed by atoms with E-state index in [1.165, 1.54) is 31.0 Å². The van der Waals surface area contributed by atoms with Gasteiger partial charge in [0.2, 0.25) is 11.8 Å². The number of aryl methyl sites for hydroxylation is 1. The Morgan fingerprint density at radius 1 is 0.841 bits per heavy atom. The van der Waals surface area contributed by atoms with Gasteiger partial charge in [0.1, 0.15) is 5.82 Å². The van der Waals surface area contributed by atoms with Crippen LogP contribution in [0.1, 0.15) is 47.9 Å². The van der Waals surface area contributed by atoms with Gasteiger partial charge in [0.25, 0.3) is 0 Å². The average Bonchev–Trinajstić information content (AvgIpc) is 3.39. The van der Waals surface area contributed by atoms with E-state index in [-0.39, 0.29) is 36.9 Å². The van der Waals surface area contributed by atoms with E-state index in [0.29, 0.717) is 54.1 Å². The topological polar surface area (TPSA) is 64.2 Å². The molecule has 4 amide bonds. The summed E-state index contributed by atoms with van der Waals surface area (Å²) in [5, 5.41) is 0. The fourth-order valence-corrected chi connectivity index (χ4v) is 6.04. The van der Waals surface area contributed by atoms with Crippen molar-refractivity contribution in [3.05, 3.63) is 64.5 Å². The van der Waals surface area contributed by atoms with Crippen LogP contribution in [0, 0.1) is 18.7 Å². The van der Waals surface area contributed by atoms with Crippen molar-refractivity contribution < 1.29 is 45.1 Å². The molecule has 0 spiro atoms. The molecular weight excluding hydrogens is 597 g/mol. The maximum absolute atomic E-state index is 14.0. The summed E-state index contributed by atoms with van der Waals surface area (Å²) in [5.41, 5.74) is -2.51. The van der Waals surface area contributed by atoms with Crippen LogP contribution >= 0.6 is 0 Å². The first kappa shape index (κ1) is 33.1. The molecule has 2 fully saturated rings. The van der Waals surface area contributed by atoms with Crippen LogP contribution in [0.15, 0.2) is 36.4 Å². The average molecular weight is 631 g/mol. The van der Waals surface area contributed by atoms with E-state index in [2.05, 4.69) is 0 Å². The zero-order valence-corrected chi connectivity index (χ0v) is 24.6. The highest BCUT2D eigenvalue weighted by molar-refractivity contribution is 5.92. The number of hydrogen-bond donors (Lipinski definition) is 0. The highest BCUT2D eigenvalue weighted by atomic mass is 19.4. The number of hydrogen-bond acceptors (Lipinski definition) is 3. The lowest BCUT2D eigenvalue weighted by atomic mass is 9.90. The van der Waals surface area contributed by atoms with Gasteiger partial charge in [-0.05, 0) is 61.2 Å². The van der Waals surface area contributed by atoms with Gasteiger partial charge in [0.05, 0.1) is 17.2 Å². The van der Waals surface area contributed by atoms with E-state index in [4.69, 9.17) is 0 Å². The number of anilines is 1. The molecule has 2 aromatic carbocycles. The summed E-state index contributed by atoms with van der Waals surface area (Å²) in [6, 6.07) is 3.41. The largest absolute Gasteiger partial charge is 0.416 e. The number of likely N-dealkylation sites (N-methyl/N-ethyl adjacent to an activating group) is 1. The first-order valence-corrected chi connectivity index (χ1v) is 14.0.